The lowest BCUT2D eigenvalue weighted by atomic mass is 10.1. The summed E-state index contributed by atoms with van der Waals surface area (Å²) in [5.41, 5.74) is 0.916. The molecule has 1 aromatic carbocycles. The van der Waals surface area contributed by atoms with Crippen LogP contribution in [0.1, 0.15) is 24.4 Å². The molecular weight excluding hydrogens is 351 g/mol. The molecule has 0 aliphatic carbocycles. The molecule has 2 aromatic rings. The van der Waals surface area contributed by atoms with E-state index in [1.54, 1.807) is 6.07 Å². The molecule has 3 rings (SSSR count). The van der Waals surface area contributed by atoms with Crippen molar-refractivity contribution in [3.8, 4) is 0 Å². The van der Waals surface area contributed by atoms with Gasteiger partial charge in [0.15, 0.2) is 8.68 Å². The van der Waals surface area contributed by atoms with Crippen molar-refractivity contribution < 1.29 is 8.42 Å². The van der Waals surface area contributed by atoms with Crippen LogP contribution < -0.4 is 0 Å². The number of thiazole rings is 1. The summed E-state index contributed by atoms with van der Waals surface area (Å²) in [4.78, 5) is 3.82. The number of sulfonamides is 1. The molecule has 2 heterocycles. The molecule has 0 radical (unpaired) electrons. The van der Waals surface area contributed by atoms with Gasteiger partial charge >= 0.3 is 0 Å². The van der Waals surface area contributed by atoms with Crippen molar-refractivity contribution in [2.75, 3.05) is 6.54 Å². The summed E-state index contributed by atoms with van der Waals surface area (Å²) in [6, 6.07) is 7.16. The highest BCUT2D eigenvalue weighted by Gasteiger charge is 2.37. The van der Waals surface area contributed by atoms with Gasteiger partial charge in [0.1, 0.15) is 0 Å². The van der Waals surface area contributed by atoms with Crippen LogP contribution in [-0.4, -0.2) is 24.3 Å². The van der Waals surface area contributed by atoms with Crippen molar-refractivity contribution >= 4 is 44.6 Å². The third-order valence-corrected chi connectivity index (χ3v) is 7.15. The van der Waals surface area contributed by atoms with Crippen molar-refractivity contribution in [3.63, 3.8) is 0 Å². The third-order valence-electron chi connectivity index (χ3n) is 3.46. The standard InChI is InChI=1S/C13H12Cl2N2O2S2/c14-10-4-1-3-9(7-10)11-5-2-6-17(11)21(18,19)12-8-16-13(15)20-12/h1,3-4,7-8,11H,2,5-6H2. The monoisotopic (exact) mass is 362 g/mol. The molecule has 1 atom stereocenters. The fourth-order valence-corrected chi connectivity index (χ4v) is 5.85. The molecule has 1 aliphatic rings. The van der Waals surface area contributed by atoms with Gasteiger partial charge in [-0.3, -0.25) is 0 Å². The maximum atomic E-state index is 12.7. The van der Waals surface area contributed by atoms with Crippen LogP contribution in [0.3, 0.4) is 0 Å². The van der Waals surface area contributed by atoms with Crippen LogP contribution >= 0.6 is 34.5 Å². The number of rotatable bonds is 3. The first-order valence-corrected chi connectivity index (χ1v) is 9.38. The molecule has 1 aliphatic heterocycles. The van der Waals surface area contributed by atoms with Crippen molar-refractivity contribution in [1.29, 1.82) is 0 Å². The highest BCUT2D eigenvalue weighted by atomic mass is 35.5. The van der Waals surface area contributed by atoms with E-state index in [9.17, 15) is 8.42 Å². The van der Waals surface area contributed by atoms with Gasteiger partial charge in [0, 0.05) is 11.6 Å². The third kappa shape index (κ3) is 2.96. The average Bonchev–Trinajstić information content (AvgIpc) is 3.07. The Kier molecular flexibility index (Phi) is 4.25. The molecule has 1 unspecified atom stereocenters. The summed E-state index contributed by atoms with van der Waals surface area (Å²) in [6.45, 7) is 0.495. The normalized spacial score (nSPS) is 20.0. The second kappa shape index (κ2) is 5.85. The maximum Gasteiger partial charge on any atom is 0.254 e. The van der Waals surface area contributed by atoms with Gasteiger partial charge in [-0.2, -0.15) is 4.31 Å². The summed E-state index contributed by atoms with van der Waals surface area (Å²) in [5.74, 6) is 0. The Bertz CT molecular complexity index is 761. The maximum absolute atomic E-state index is 12.7. The van der Waals surface area contributed by atoms with Gasteiger partial charge in [-0.25, -0.2) is 13.4 Å². The summed E-state index contributed by atoms with van der Waals surface area (Å²) < 4.78 is 27.4. The molecule has 1 fully saturated rings. The van der Waals surface area contributed by atoms with E-state index < -0.39 is 10.0 Å². The Morgan fingerprint density at radius 3 is 2.81 bits per heavy atom. The lowest BCUT2D eigenvalue weighted by molar-refractivity contribution is 0.398. The Balaban J connectivity index is 1.97. The fourth-order valence-electron chi connectivity index (χ4n) is 2.55. The van der Waals surface area contributed by atoms with E-state index in [1.165, 1.54) is 10.5 Å². The van der Waals surface area contributed by atoms with E-state index in [0.29, 0.717) is 11.6 Å². The predicted octanol–water partition coefficient (Wildman–Crippen LogP) is 3.98. The molecule has 4 nitrogen and oxygen atoms in total. The van der Waals surface area contributed by atoms with E-state index in [-0.39, 0.29) is 14.7 Å². The lowest BCUT2D eigenvalue weighted by Crippen LogP contribution is -2.30. The highest BCUT2D eigenvalue weighted by molar-refractivity contribution is 7.91. The van der Waals surface area contributed by atoms with Gasteiger partial charge < -0.3 is 0 Å². The van der Waals surface area contributed by atoms with Crippen LogP contribution in [0, 0.1) is 0 Å². The zero-order chi connectivity index (χ0) is 15.0. The Morgan fingerprint density at radius 2 is 2.14 bits per heavy atom. The summed E-state index contributed by atoms with van der Waals surface area (Å²) in [6.07, 6.45) is 2.92. The van der Waals surface area contributed by atoms with Gasteiger partial charge in [0.05, 0.1) is 12.2 Å². The van der Waals surface area contributed by atoms with E-state index >= 15 is 0 Å². The largest absolute Gasteiger partial charge is 0.254 e. The molecule has 1 saturated heterocycles. The van der Waals surface area contributed by atoms with Crippen LogP contribution in [0.15, 0.2) is 34.7 Å². The topological polar surface area (TPSA) is 50.3 Å². The molecule has 0 saturated carbocycles. The zero-order valence-corrected chi connectivity index (χ0v) is 14.0. The predicted molar refractivity (Wildman–Crippen MR) is 84.4 cm³/mol. The average molecular weight is 363 g/mol. The van der Waals surface area contributed by atoms with E-state index in [4.69, 9.17) is 23.2 Å². The molecule has 112 valence electrons. The Labute approximate surface area is 137 Å². The molecular formula is C13H12Cl2N2O2S2. The molecule has 0 bridgehead atoms. The number of hydrogen-bond donors (Lipinski definition) is 0. The summed E-state index contributed by atoms with van der Waals surface area (Å²) in [5, 5.41) is 0.609. The van der Waals surface area contributed by atoms with Gasteiger partial charge in [-0.15, -0.1) is 0 Å². The Hall–Kier alpha value is -0.660. The van der Waals surface area contributed by atoms with E-state index in [1.807, 2.05) is 18.2 Å². The number of benzene rings is 1. The van der Waals surface area contributed by atoms with Crippen LogP contribution in [0.5, 0.6) is 0 Å². The quantitative estimate of drug-likeness (QED) is 0.829. The SMILES string of the molecule is O=S(=O)(c1cnc(Cl)s1)N1CCCC1c1cccc(Cl)c1. The first kappa shape index (κ1) is 15.2. The van der Waals surface area contributed by atoms with Crippen LogP contribution in [0.4, 0.5) is 0 Å². The number of nitrogens with zero attached hydrogens (tertiary/aromatic N) is 2. The van der Waals surface area contributed by atoms with Gasteiger partial charge in [-0.05, 0) is 30.5 Å². The van der Waals surface area contributed by atoms with Gasteiger partial charge in [-0.1, -0.05) is 46.7 Å². The first-order chi connectivity index (χ1) is 9.98. The number of aromatic nitrogens is 1. The highest BCUT2D eigenvalue weighted by Crippen LogP contribution is 2.38. The smallest absolute Gasteiger partial charge is 0.232 e. The van der Waals surface area contributed by atoms with Gasteiger partial charge in [0.25, 0.3) is 10.0 Å². The molecule has 0 amide bonds. The first-order valence-electron chi connectivity index (χ1n) is 6.37. The Morgan fingerprint density at radius 1 is 1.33 bits per heavy atom. The fraction of sp³-hybridized carbons (Fsp3) is 0.308. The van der Waals surface area contributed by atoms with Crippen molar-refractivity contribution in [1.82, 2.24) is 9.29 Å². The molecule has 1 aromatic heterocycles. The lowest BCUT2D eigenvalue weighted by Gasteiger charge is -2.23. The molecule has 0 N–H and O–H groups in total. The van der Waals surface area contributed by atoms with Crippen molar-refractivity contribution in [3.05, 3.63) is 45.5 Å². The van der Waals surface area contributed by atoms with Crippen LogP contribution in [0.25, 0.3) is 0 Å². The molecule has 21 heavy (non-hydrogen) atoms. The number of hydrogen-bond acceptors (Lipinski definition) is 4. The van der Waals surface area contributed by atoms with Crippen LogP contribution in [-0.2, 0) is 10.0 Å². The van der Waals surface area contributed by atoms with Gasteiger partial charge in [0.2, 0.25) is 0 Å². The minimum absolute atomic E-state index is 0.182. The minimum Gasteiger partial charge on any atom is -0.232 e. The van der Waals surface area contributed by atoms with E-state index in [2.05, 4.69) is 4.98 Å². The summed E-state index contributed by atoms with van der Waals surface area (Å²) in [7, 11) is -3.57. The van der Waals surface area contributed by atoms with Crippen LogP contribution in [0.2, 0.25) is 9.49 Å². The number of halogens is 2. The zero-order valence-electron chi connectivity index (χ0n) is 10.9. The van der Waals surface area contributed by atoms with Crippen molar-refractivity contribution in [2.45, 2.75) is 23.1 Å². The summed E-state index contributed by atoms with van der Waals surface area (Å²) >= 11 is 12.7. The minimum atomic E-state index is -3.57. The second-order valence-electron chi connectivity index (χ2n) is 4.76. The molecule has 8 heteroatoms. The van der Waals surface area contributed by atoms with Crippen molar-refractivity contribution in [2.24, 2.45) is 0 Å². The van der Waals surface area contributed by atoms with E-state index in [0.717, 1.165) is 29.7 Å². The second-order valence-corrected chi connectivity index (χ2v) is 8.93. The molecule has 0 spiro atoms.